The largest absolute Gasteiger partial charge is 0.330 e. The van der Waals surface area contributed by atoms with Crippen molar-refractivity contribution in [2.75, 3.05) is 26.2 Å². The molecule has 0 heterocycles. The monoisotopic (exact) mass is 201 g/mol. The highest BCUT2D eigenvalue weighted by atomic mass is 15.2. The van der Waals surface area contributed by atoms with E-state index in [0.29, 0.717) is 0 Å². The lowest BCUT2D eigenvalue weighted by Gasteiger charge is -2.35. The van der Waals surface area contributed by atoms with Gasteiger partial charge in [0.2, 0.25) is 0 Å². The van der Waals surface area contributed by atoms with E-state index in [1.807, 2.05) is 0 Å². The summed E-state index contributed by atoms with van der Waals surface area (Å²) in [4.78, 5) is 2.50. The molecule has 0 saturated heterocycles. The Labute approximate surface area is 88.8 Å². The van der Waals surface area contributed by atoms with E-state index < -0.39 is 0 Å². The second kappa shape index (κ2) is 7.21. The SMILES string of the molecule is CC(C)(C)N(CCCN)CCCCN. The van der Waals surface area contributed by atoms with Gasteiger partial charge in [0.1, 0.15) is 0 Å². The van der Waals surface area contributed by atoms with Gasteiger partial charge in [-0.25, -0.2) is 0 Å². The first-order valence-electron chi connectivity index (χ1n) is 5.67. The first-order valence-corrected chi connectivity index (χ1v) is 5.67. The molecule has 4 N–H and O–H groups in total. The lowest BCUT2D eigenvalue weighted by Crippen LogP contribution is -2.43. The minimum absolute atomic E-state index is 0.254. The predicted octanol–water partition coefficient (Wildman–Crippen LogP) is 1.17. The van der Waals surface area contributed by atoms with E-state index in [1.54, 1.807) is 0 Å². The van der Waals surface area contributed by atoms with Crippen LogP contribution in [-0.4, -0.2) is 36.6 Å². The molecule has 0 radical (unpaired) electrons. The average molecular weight is 201 g/mol. The molecule has 0 aromatic rings. The highest BCUT2D eigenvalue weighted by Crippen LogP contribution is 2.14. The average Bonchev–Trinajstić information content (AvgIpc) is 2.09. The second-order valence-electron chi connectivity index (χ2n) is 4.80. The molecular weight excluding hydrogens is 174 g/mol. The molecule has 0 spiro atoms. The van der Waals surface area contributed by atoms with Crippen molar-refractivity contribution in [3.05, 3.63) is 0 Å². The van der Waals surface area contributed by atoms with Crippen LogP contribution in [0.15, 0.2) is 0 Å². The Morgan fingerprint density at radius 2 is 1.36 bits per heavy atom. The molecule has 0 amide bonds. The number of unbranched alkanes of at least 4 members (excludes halogenated alkanes) is 1. The van der Waals surface area contributed by atoms with Crippen LogP contribution in [0.1, 0.15) is 40.0 Å². The minimum Gasteiger partial charge on any atom is -0.330 e. The van der Waals surface area contributed by atoms with Gasteiger partial charge >= 0.3 is 0 Å². The third kappa shape index (κ3) is 6.35. The molecule has 0 aliphatic heterocycles. The highest BCUT2D eigenvalue weighted by Gasteiger charge is 2.19. The maximum Gasteiger partial charge on any atom is 0.0125 e. The van der Waals surface area contributed by atoms with E-state index in [9.17, 15) is 0 Å². The normalized spacial score (nSPS) is 12.4. The molecule has 86 valence electrons. The van der Waals surface area contributed by atoms with Crippen LogP contribution in [0, 0.1) is 0 Å². The summed E-state index contributed by atoms with van der Waals surface area (Å²) in [5, 5.41) is 0. The maximum atomic E-state index is 5.53. The van der Waals surface area contributed by atoms with Crippen molar-refractivity contribution in [3.8, 4) is 0 Å². The third-order valence-electron chi connectivity index (χ3n) is 2.46. The first-order chi connectivity index (χ1) is 6.52. The molecule has 0 atom stereocenters. The number of hydrogen-bond acceptors (Lipinski definition) is 3. The van der Waals surface area contributed by atoms with Gasteiger partial charge < -0.3 is 11.5 Å². The first kappa shape index (κ1) is 13.9. The summed E-state index contributed by atoms with van der Waals surface area (Å²) in [7, 11) is 0. The zero-order chi connectivity index (χ0) is 11.0. The molecular formula is C11H27N3. The Morgan fingerprint density at radius 3 is 1.79 bits per heavy atom. The van der Waals surface area contributed by atoms with Crippen molar-refractivity contribution in [2.24, 2.45) is 11.5 Å². The highest BCUT2D eigenvalue weighted by molar-refractivity contribution is 4.76. The summed E-state index contributed by atoms with van der Waals surface area (Å²) < 4.78 is 0. The Kier molecular flexibility index (Phi) is 7.15. The van der Waals surface area contributed by atoms with E-state index >= 15 is 0 Å². The van der Waals surface area contributed by atoms with Crippen molar-refractivity contribution in [3.63, 3.8) is 0 Å². The standard InChI is InChI=1S/C11H27N3/c1-11(2,3)14(10-6-8-13)9-5-4-7-12/h4-10,12-13H2,1-3H3. The third-order valence-corrected chi connectivity index (χ3v) is 2.46. The van der Waals surface area contributed by atoms with Crippen LogP contribution in [0.4, 0.5) is 0 Å². The summed E-state index contributed by atoms with van der Waals surface area (Å²) in [6.07, 6.45) is 3.40. The molecule has 0 fully saturated rings. The van der Waals surface area contributed by atoms with Gasteiger partial charge in [0, 0.05) is 5.54 Å². The Balaban J connectivity index is 3.85. The summed E-state index contributed by atoms with van der Waals surface area (Å²) in [6.45, 7) is 10.6. The van der Waals surface area contributed by atoms with Crippen molar-refractivity contribution in [1.82, 2.24) is 4.90 Å². The van der Waals surface area contributed by atoms with Crippen LogP contribution in [0.5, 0.6) is 0 Å². The molecule has 0 aliphatic carbocycles. The Hall–Kier alpha value is -0.120. The van der Waals surface area contributed by atoms with E-state index in [4.69, 9.17) is 11.5 Å². The molecule has 0 aromatic heterocycles. The summed E-state index contributed by atoms with van der Waals surface area (Å²) in [5.74, 6) is 0. The topological polar surface area (TPSA) is 55.3 Å². The quantitative estimate of drug-likeness (QED) is 0.608. The number of rotatable bonds is 7. The molecule has 3 nitrogen and oxygen atoms in total. The van der Waals surface area contributed by atoms with E-state index in [0.717, 1.165) is 39.0 Å². The van der Waals surface area contributed by atoms with Gasteiger partial charge in [0.05, 0.1) is 0 Å². The number of nitrogens with zero attached hydrogens (tertiary/aromatic N) is 1. The summed E-state index contributed by atoms with van der Waals surface area (Å²) in [6, 6.07) is 0. The van der Waals surface area contributed by atoms with E-state index in [2.05, 4.69) is 25.7 Å². The van der Waals surface area contributed by atoms with Crippen LogP contribution in [0.25, 0.3) is 0 Å². The molecule has 14 heavy (non-hydrogen) atoms. The fourth-order valence-corrected chi connectivity index (χ4v) is 1.51. The van der Waals surface area contributed by atoms with Crippen LogP contribution in [0.3, 0.4) is 0 Å². The fourth-order valence-electron chi connectivity index (χ4n) is 1.51. The van der Waals surface area contributed by atoms with Gasteiger partial charge in [-0.05, 0) is 66.2 Å². The van der Waals surface area contributed by atoms with Gasteiger partial charge in [0.15, 0.2) is 0 Å². The second-order valence-corrected chi connectivity index (χ2v) is 4.80. The van der Waals surface area contributed by atoms with Crippen LogP contribution in [-0.2, 0) is 0 Å². The molecule has 0 unspecified atom stereocenters. The molecule has 0 bridgehead atoms. The lowest BCUT2D eigenvalue weighted by molar-refractivity contribution is 0.133. The fraction of sp³-hybridized carbons (Fsp3) is 1.00. The van der Waals surface area contributed by atoms with Gasteiger partial charge in [-0.1, -0.05) is 0 Å². The Morgan fingerprint density at radius 1 is 0.857 bits per heavy atom. The van der Waals surface area contributed by atoms with E-state index in [-0.39, 0.29) is 5.54 Å². The van der Waals surface area contributed by atoms with Gasteiger partial charge in [-0.15, -0.1) is 0 Å². The molecule has 0 rings (SSSR count). The predicted molar refractivity (Wildman–Crippen MR) is 63.3 cm³/mol. The molecule has 0 aromatic carbocycles. The number of nitrogens with two attached hydrogens (primary N) is 2. The van der Waals surface area contributed by atoms with Crippen LogP contribution < -0.4 is 11.5 Å². The van der Waals surface area contributed by atoms with Crippen molar-refractivity contribution >= 4 is 0 Å². The van der Waals surface area contributed by atoms with E-state index in [1.165, 1.54) is 6.42 Å². The number of hydrogen-bond donors (Lipinski definition) is 2. The molecule has 3 heteroatoms. The smallest absolute Gasteiger partial charge is 0.0125 e. The zero-order valence-electron chi connectivity index (χ0n) is 10.1. The minimum atomic E-state index is 0.254. The summed E-state index contributed by atoms with van der Waals surface area (Å²) in [5.41, 5.74) is 11.3. The lowest BCUT2D eigenvalue weighted by atomic mass is 10.0. The molecule has 0 aliphatic rings. The van der Waals surface area contributed by atoms with Crippen LogP contribution >= 0.6 is 0 Å². The Bertz CT molecular complexity index is 129. The molecule has 0 saturated carbocycles. The van der Waals surface area contributed by atoms with Crippen LogP contribution in [0.2, 0.25) is 0 Å². The van der Waals surface area contributed by atoms with Gasteiger partial charge in [0.25, 0.3) is 0 Å². The zero-order valence-corrected chi connectivity index (χ0v) is 10.1. The van der Waals surface area contributed by atoms with Crippen molar-refractivity contribution in [2.45, 2.75) is 45.6 Å². The van der Waals surface area contributed by atoms with Crippen molar-refractivity contribution in [1.29, 1.82) is 0 Å². The summed E-state index contributed by atoms with van der Waals surface area (Å²) >= 11 is 0. The maximum absolute atomic E-state index is 5.53. The van der Waals surface area contributed by atoms with Crippen molar-refractivity contribution < 1.29 is 0 Å². The van der Waals surface area contributed by atoms with Gasteiger partial charge in [-0.3, -0.25) is 4.90 Å². The van der Waals surface area contributed by atoms with Gasteiger partial charge in [-0.2, -0.15) is 0 Å².